The van der Waals surface area contributed by atoms with Crippen molar-refractivity contribution in [3.05, 3.63) is 28.0 Å². The van der Waals surface area contributed by atoms with Crippen LogP contribution >= 0.6 is 0 Å². The standard InChI is InChI=1S/C9H11N3O5/c10-8(16)5(13)3-11-9(17)4-1-6(14)12-7(15)2-4/h1-2,5,13H,3H2,(H2,10,16)(H,11,17)(H2,12,14,15). The number of carbonyl (C=O) groups is 2. The highest BCUT2D eigenvalue weighted by Crippen LogP contribution is 2.03. The highest BCUT2D eigenvalue weighted by atomic mass is 16.3. The van der Waals surface area contributed by atoms with E-state index >= 15 is 0 Å². The van der Waals surface area contributed by atoms with E-state index in [-0.39, 0.29) is 12.1 Å². The lowest BCUT2D eigenvalue weighted by atomic mass is 10.2. The van der Waals surface area contributed by atoms with E-state index in [1.807, 2.05) is 4.98 Å². The molecule has 0 saturated heterocycles. The third-order valence-electron chi connectivity index (χ3n) is 1.88. The smallest absolute Gasteiger partial charge is 0.251 e. The molecule has 0 aliphatic rings. The summed E-state index contributed by atoms with van der Waals surface area (Å²) in [5, 5.41) is 20.3. The molecule has 0 radical (unpaired) electrons. The summed E-state index contributed by atoms with van der Waals surface area (Å²) in [5.41, 5.74) is 4.03. The van der Waals surface area contributed by atoms with Crippen molar-refractivity contribution < 1.29 is 19.8 Å². The molecule has 92 valence electrons. The number of hydrogen-bond donors (Lipinski definition) is 5. The Balaban J connectivity index is 2.70. The first-order chi connectivity index (χ1) is 7.90. The van der Waals surface area contributed by atoms with Gasteiger partial charge < -0.3 is 21.3 Å². The number of aromatic nitrogens is 1. The fraction of sp³-hybridized carbons (Fsp3) is 0.222. The van der Waals surface area contributed by atoms with Crippen molar-refractivity contribution in [3.8, 4) is 5.88 Å². The number of aromatic amines is 1. The maximum atomic E-state index is 11.4. The van der Waals surface area contributed by atoms with Crippen LogP contribution in [-0.4, -0.2) is 39.7 Å². The zero-order valence-electron chi connectivity index (χ0n) is 8.64. The first kappa shape index (κ1) is 12.7. The number of rotatable bonds is 4. The van der Waals surface area contributed by atoms with Gasteiger partial charge in [0, 0.05) is 12.1 Å². The highest BCUT2D eigenvalue weighted by molar-refractivity contribution is 5.94. The summed E-state index contributed by atoms with van der Waals surface area (Å²) in [6.07, 6.45) is -1.51. The van der Waals surface area contributed by atoms with E-state index < -0.39 is 29.4 Å². The molecule has 1 heterocycles. The van der Waals surface area contributed by atoms with Crippen LogP contribution in [0.2, 0.25) is 0 Å². The van der Waals surface area contributed by atoms with Gasteiger partial charge in [0.2, 0.25) is 5.91 Å². The molecule has 0 aromatic carbocycles. The third kappa shape index (κ3) is 3.61. The van der Waals surface area contributed by atoms with Crippen molar-refractivity contribution in [2.24, 2.45) is 5.73 Å². The Bertz CT molecular complexity index is 496. The molecule has 6 N–H and O–H groups in total. The molecule has 1 aromatic rings. The summed E-state index contributed by atoms with van der Waals surface area (Å²) in [7, 11) is 0. The van der Waals surface area contributed by atoms with Crippen LogP contribution < -0.4 is 16.6 Å². The minimum Gasteiger partial charge on any atom is -0.494 e. The van der Waals surface area contributed by atoms with Gasteiger partial charge in [-0.3, -0.25) is 19.4 Å². The van der Waals surface area contributed by atoms with Crippen LogP contribution in [0.1, 0.15) is 10.4 Å². The Labute approximate surface area is 95.1 Å². The van der Waals surface area contributed by atoms with Crippen LogP contribution in [0.3, 0.4) is 0 Å². The van der Waals surface area contributed by atoms with Crippen LogP contribution in [0.4, 0.5) is 0 Å². The van der Waals surface area contributed by atoms with Gasteiger partial charge in [-0.25, -0.2) is 0 Å². The van der Waals surface area contributed by atoms with E-state index in [1.165, 1.54) is 0 Å². The Morgan fingerprint density at radius 1 is 1.47 bits per heavy atom. The van der Waals surface area contributed by atoms with Gasteiger partial charge in [-0.2, -0.15) is 0 Å². The quantitative estimate of drug-likeness (QED) is 0.401. The number of H-pyrrole nitrogens is 1. The summed E-state index contributed by atoms with van der Waals surface area (Å²) in [6.45, 7) is -0.373. The lowest BCUT2D eigenvalue weighted by Crippen LogP contribution is -2.40. The topological polar surface area (TPSA) is 146 Å². The molecule has 8 nitrogen and oxygen atoms in total. The maximum Gasteiger partial charge on any atom is 0.251 e. The van der Waals surface area contributed by atoms with Gasteiger partial charge in [-0.05, 0) is 0 Å². The van der Waals surface area contributed by atoms with Gasteiger partial charge in [0.15, 0.2) is 5.88 Å². The second kappa shape index (κ2) is 5.12. The predicted octanol–water partition coefficient (Wildman–Crippen LogP) is -2.34. The molecule has 8 heteroatoms. The highest BCUT2D eigenvalue weighted by Gasteiger charge is 2.13. The number of primary amides is 1. The molecule has 2 amide bonds. The number of pyridine rings is 1. The fourth-order valence-electron chi connectivity index (χ4n) is 1.05. The number of amides is 2. The second-order valence-electron chi connectivity index (χ2n) is 3.25. The molecule has 0 saturated carbocycles. The van der Waals surface area contributed by atoms with Crippen LogP contribution in [0.15, 0.2) is 16.9 Å². The van der Waals surface area contributed by atoms with Gasteiger partial charge in [0.05, 0.1) is 12.1 Å². The number of carbonyl (C=O) groups excluding carboxylic acids is 2. The Hall–Kier alpha value is -2.35. The normalized spacial score (nSPS) is 11.8. The van der Waals surface area contributed by atoms with E-state index in [4.69, 9.17) is 15.9 Å². The van der Waals surface area contributed by atoms with E-state index in [0.29, 0.717) is 0 Å². The zero-order valence-corrected chi connectivity index (χ0v) is 8.64. The van der Waals surface area contributed by atoms with Crippen molar-refractivity contribution in [2.45, 2.75) is 6.10 Å². The van der Waals surface area contributed by atoms with Gasteiger partial charge in [0.1, 0.15) is 6.10 Å². The minimum absolute atomic E-state index is 0.0945. The summed E-state index contributed by atoms with van der Waals surface area (Å²) >= 11 is 0. The van der Waals surface area contributed by atoms with Gasteiger partial charge in [-0.1, -0.05) is 0 Å². The van der Waals surface area contributed by atoms with Gasteiger partial charge in [-0.15, -0.1) is 0 Å². The SMILES string of the molecule is NC(=O)C(O)CNC(=O)c1cc(O)[nH]c(=O)c1. The summed E-state index contributed by atoms with van der Waals surface area (Å²) in [4.78, 5) is 34.9. The summed E-state index contributed by atoms with van der Waals surface area (Å²) < 4.78 is 0. The molecule has 0 bridgehead atoms. The average Bonchev–Trinajstić information content (AvgIpc) is 2.23. The van der Waals surface area contributed by atoms with Crippen molar-refractivity contribution in [2.75, 3.05) is 6.54 Å². The lowest BCUT2D eigenvalue weighted by molar-refractivity contribution is -0.125. The zero-order chi connectivity index (χ0) is 13.0. The molecule has 0 spiro atoms. The second-order valence-corrected chi connectivity index (χ2v) is 3.25. The van der Waals surface area contributed by atoms with E-state index in [9.17, 15) is 14.4 Å². The first-order valence-electron chi connectivity index (χ1n) is 4.59. The van der Waals surface area contributed by atoms with Crippen LogP contribution in [-0.2, 0) is 4.79 Å². The molecular formula is C9H11N3O5. The molecule has 1 rings (SSSR count). The van der Waals surface area contributed by atoms with Crippen molar-refractivity contribution >= 4 is 11.8 Å². The fourth-order valence-corrected chi connectivity index (χ4v) is 1.05. The number of hydrogen-bond acceptors (Lipinski definition) is 5. The van der Waals surface area contributed by atoms with Crippen LogP contribution in [0.25, 0.3) is 0 Å². The van der Waals surface area contributed by atoms with Crippen molar-refractivity contribution in [1.29, 1.82) is 0 Å². The molecule has 0 fully saturated rings. The molecule has 0 aliphatic carbocycles. The largest absolute Gasteiger partial charge is 0.494 e. The molecule has 1 unspecified atom stereocenters. The predicted molar refractivity (Wildman–Crippen MR) is 56.3 cm³/mol. The van der Waals surface area contributed by atoms with Crippen LogP contribution in [0, 0.1) is 0 Å². The van der Waals surface area contributed by atoms with Gasteiger partial charge in [0.25, 0.3) is 11.5 Å². The molecule has 1 aromatic heterocycles. The molecular weight excluding hydrogens is 230 g/mol. The minimum atomic E-state index is -1.51. The van der Waals surface area contributed by atoms with E-state index in [2.05, 4.69) is 5.32 Å². The number of nitrogens with two attached hydrogens (primary N) is 1. The Morgan fingerprint density at radius 2 is 2.12 bits per heavy atom. The Morgan fingerprint density at radius 3 is 2.65 bits per heavy atom. The van der Waals surface area contributed by atoms with Crippen LogP contribution in [0.5, 0.6) is 5.88 Å². The average molecular weight is 241 g/mol. The summed E-state index contributed by atoms with van der Waals surface area (Å²) in [5.74, 6) is -2.15. The summed E-state index contributed by atoms with van der Waals surface area (Å²) in [6, 6.07) is 2.00. The van der Waals surface area contributed by atoms with E-state index in [0.717, 1.165) is 12.1 Å². The third-order valence-corrected chi connectivity index (χ3v) is 1.88. The lowest BCUT2D eigenvalue weighted by Gasteiger charge is -2.08. The molecule has 0 aliphatic heterocycles. The number of aliphatic hydroxyl groups is 1. The maximum absolute atomic E-state index is 11.4. The number of aliphatic hydroxyl groups excluding tert-OH is 1. The number of aromatic hydroxyl groups is 1. The van der Waals surface area contributed by atoms with E-state index in [1.54, 1.807) is 0 Å². The Kier molecular flexibility index (Phi) is 3.83. The monoisotopic (exact) mass is 241 g/mol. The number of nitrogens with one attached hydrogen (secondary N) is 2. The first-order valence-corrected chi connectivity index (χ1v) is 4.59. The molecule has 17 heavy (non-hydrogen) atoms. The van der Waals surface area contributed by atoms with Gasteiger partial charge >= 0.3 is 0 Å². The van der Waals surface area contributed by atoms with Crippen molar-refractivity contribution in [3.63, 3.8) is 0 Å². The molecule has 1 atom stereocenters. The van der Waals surface area contributed by atoms with Crippen molar-refractivity contribution in [1.82, 2.24) is 10.3 Å².